The van der Waals surface area contributed by atoms with Crippen LogP contribution < -0.4 is 10.5 Å². The number of benzene rings is 1. The number of hydrogen-bond donors (Lipinski definition) is 2. The van der Waals surface area contributed by atoms with E-state index in [0.717, 1.165) is 11.3 Å². The van der Waals surface area contributed by atoms with Crippen LogP contribution in [-0.4, -0.2) is 21.5 Å². The molecule has 3 N–H and O–H groups in total. The zero-order valence-electron chi connectivity index (χ0n) is 11.2. The number of methoxy groups -OCH3 is 1. The second kappa shape index (κ2) is 6.25. The molecule has 0 saturated carbocycles. The van der Waals surface area contributed by atoms with Gasteiger partial charge in [0, 0.05) is 6.54 Å². The third kappa shape index (κ3) is 3.23. The highest BCUT2D eigenvalue weighted by Gasteiger charge is 2.25. The molecule has 0 atom stereocenters. The van der Waals surface area contributed by atoms with Crippen molar-refractivity contribution in [3.63, 3.8) is 0 Å². The van der Waals surface area contributed by atoms with Crippen LogP contribution in [0.2, 0.25) is 0 Å². The normalized spacial score (nSPS) is 11.1. The van der Waals surface area contributed by atoms with Gasteiger partial charge in [-0.1, -0.05) is 18.2 Å². The first-order chi connectivity index (χ1) is 9.99. The minimum absolute atomic E-state index is 0.0372. The monoisotopic (exact) mass is 326 g/mol. The lowest BCUT2D eigenvalue weighted by molar-refractivity contribution is 0.0602. The molecule has 0 unspecified atom stereocenters. The standard InChI is InChI=1S/C13H14N2O4S2/c1-19-13(16)12-11(6-7-20-12)21(17,18)15-10-5-3-2-4-9(10)8-14/h2-7,15H,8,14H2,1H3. The van der Waals surface area contributed by atoms with Crippen LogP contribution in [0.1, 0.15) is 15.2 Å². The van der Waals surface area contributed by atoms with Crippen molar-refractivity contribution in [1.29, 1.82) is 0 Å². The number of sulfonamides is 1. The average molecular weight is 326 g/mol. The second-order valence-corrected chi connectivity index (χ2v) is 6.64. The Kier molecular flexibility index (Phi) is 4.61. The van der Waals surface area contributed by atoms with Gasteiger partial charge >= 0.3 is 5.97 Å². The number of hydrogen-bond acceptors (Lipinski definition) is 6. The maximum absolute atomic E-state index is 12.4. The fourth-order valence-electron chi connectivity index (χ4n) is 1.75. The van der Waals surface area contributed by atoms with Crippen LogP contribution in [0.25, 0.3) is 0 Å². The highest BCUT2D eigenvalue weighted by Crippen LogP contribution is 2.26. The number of ether oxygens (including phenoxy) is 1. The molecule has 1 aromatic carbocycles. The summed E-state index contributed by atoms with van der Waals surface area (Å²) in [6.07, 6.45) is 0. The van der Waals surface area contributed by atoms with Gasteiger partial charge in [-0.2, -0.15) is 0 Å². The lowest BCUT2D eigenvalue weighted by Gasteiger charge is -2.11. The Morgan fingerprint density at radius 1 is 1.33 bits per heavy atom. The molecule has 2 rings (SSSR count). The molecule has 0 aliphatic carbocycles. The van der Waals surface area contributed by atoms with Crippen LogP contribution >= 0.6 is 11.3 Å². The van der Waals surface area contributed by atoms with Crippen LogP contribution in [-0.2, 0) is 21.3 Å². The van der Waals surface area contributed by atoms with Gasteiger partial charge in [-0.25, -0.2) is 13.2 Å². The Balaban J connectivity index is 2.40. The van der Waals surface area contributed by atoms with E-state index in [4.69, 9.17) is 5.73 Å². The molecule has 1 aromatic heterocycles. The van der Waals surface area contributed by atoms with Crippen molar-refractivity contribution in [2.75, 3.05) is 11.8 Å². The third-order valence-corrected chi connectivity index (χ3v) is 5.20. The van der Waals surface area contributed by atoms with Gasteiger partial charge in [-0.05, 0) is 23.1 Å². The summed E-state index contributed by atoms with van der Waals surface area (Å²) < 4.78 is 31.9. The van der Waals surface area contributed by atoms with Gasteiger partial charge in [0.15, 0.2) is 0 Å². The predicted octanol–water partition coefficient (Wildman–Crippen LogP) is 1.79. The number of carbonyl (C=O) groups excluding carboxylic acids is 1. The number of thiophene rings is 1. The molecule has 0 spiro atoms. The summed E-state index contributed by atoms with van der Waals surface area (Å²) in [5, 5.41) is 1.52. The van der Waals surface area contributed by atoms with E-state index >= 15 is 0 Å². The molecular weight excluding hydrogens is 312 g/mol. The minimum Gasteiger partial charge on any atom is -0.465 e. The van der Waals surface area contributed by atoms with Gasteiger partial charge in [-0.15, -0.1) is 11.3 Å². The van der Waals surface area contributed by atoms with E-state index in [1.807, 2.05) is 0 Å². The lowest BCUT2D eigenvalue weighted by atomic mass is 10.2. The van der Waals surface area contributed by atoms with E-state index in [1.54, 1.807) is 24.3 Å². The molecule has 0 radical (unpaired) electrons. The van der Waals surface area contributed by atoms with Crippen molar-refractivity contribution in [2.24, 2.45) is 5.73 Å². The Labute approximate surface area is 126 Å². The molecule has 112 valence electrons. The van der Waals surface area contributed by atoms with Crippen molar-refractivity contribution in [3.8, 4) is 0 Å². The maximum Gasteiger partial charge on any atom is 0.349 e. The summed E-state index contributed by atoms with van der Waals surface area (Å²) in [6, 6.07) is 8.18. The summed E-state index contributed by atoms with van der Waals surface area (Å²) in [5.74, 6) is -0.683. The van der Waals surface area contributed by atoms with E-state index < -0.39 is 16.0 Å². The van der Waals surface area contributed by atoms with Gasteiger partial charge in [0.25, 0.3) is 10.0 Å². The van der Waals surface area contributed by atoms with Crippen LogP contribution in [0.3, 0.4) is 0 Å². The van der Waals surface area contributed by atoms with Gasteiger partial charge in [0.1, 0.15) is 9.77 Å². The van der Waals surface area contributed by atoms with Gasteiger partial charge in [0.2, 0.25) is 0 Å². The minimum atomic E-state index is -3.88. The fraction of sp³-hybridized carbons (Fsp3) is 0.154. The van der Waals surface area contributed by atoms with E-state index in [9.17, 15) is 13.2 Å². The quantitative estimate of drug-likeness (QED) is 0.816. The van der Waals surface area contributed by atoms with Crippen molar-refractivity contribution in [1.82, 2.24) is 0 Å². The highest BCUT2D eigenvalue weighted by atomic mass is 32.2. The highest BCUT2D eigenvalue weighted by molar-refractivity contribution is 7.93. The van der Waals surface area contributed by atoms with Gasteiger partial charge < -0.3 is 10.5 Å². The lowest BCUT2D eigenvalue weighted by Crippen LogP contribution is -2.17. The van der Waals surface area contributed by atoms with Gasteiger partial charge in [0.05, 0.1) is 12.8 Å². The third-order valence-electron chi connectivity index (χ3n) is 2.77. The second-order valence-electron chi connectivity index (χ2n) is 4.07. The SMILES string of the molecule is COC(=O)c1sccc1S(=O)(=O)Nc1ccccc1CN. The van der Waals surface area contributed by atoms with Crippen LogP contribution in [0.15, 0.2) is 40.6 Å². The first-order valence-electron chi connectivity index (χ1n) is 5.96. The number of nitrogens with two attached hydrogens (primary N) is 1. The summed E-state index contributed by atoms with van der Waals surface area (Å²) >= 11 is 1.01. The van der Waals surface area contributed by atoms with Crippen molar-refractivity contribution >= 4 is 33.0 Å². The van der Waals surface area contributed by atoms with Crippen molar-refractivity contribution < 1.29 is 17.9 Å². The number of carbonyl (C=O) groups is 1. The molecule has 6 nitrogen and oxygen atoms in total. The maximum atomic E-state index is 12.4. The summed E-state index contributed by atoms with van der Waals surface area (Å²) in [5.41, 5.74) is 6.63. The molecule has 2 aromatic rings. The Bertz CT molecular complexity index is 753. The average Bonchev–Trinajstić information content (AvgIpc) is 2.97. The summed E-state index contributed by atoms with van der Waals surface area (Å²) in [6.45, 7) is 0.201. The predicted molar refractivity (Wildman–Crippen MR) is 80.8 cm³/mol. The Morgan fingerprint density at radius 2 is 2.05 bits per heavy atom. The van der Waals surface area contributed by atoms with Crippen molar-refractivity contribution in [2.45, 2.75) is 11.4 Å². The number of para-hydroxylation sites is 1. The molecule has 21 heavy (non-hydrogen) atoms. The zero-order chi connectivity index (χ0) is 15.5. The molecule has 8 heteroatoms. The fourth-order valence-corrected chi connectivity index (χ4v) is 4.19. The number of esters is 1. The number of rotatable bonds is 5. The van der Waals surface area contributed by atoms with Crippen LogP contribution in [0.5, 0.6) is 0 Å². The molecule has 1 heterocycles. The molecule has 0 bridgehead atoms. The Hall–Kier alpha value is -1.90. The zero-order valence-corrected chi connectivity index (χ0v) is 12.8. The molecule has 0 aliphatic heterocycles. The molecular formula is C13H14N2O4S2. The largest absolute Gasteiger partial charge is 0.465 e. The summed E-state index contributed by atoms with van der Waals surface area (Å²) in [7, 11) is -2.68. The first-order valence-corrected chi connectivity index (χ1v) is 8.32. The van der Waals surface area contributed by atoms with Crippen LogP contribution in [0, 0.1) is 0 Å². The summed E-state index contributed by atoms with van der Waals surface area (Å²) in [4.78, 5) is 11.5. The van der Waals surface area contributed by atoms with Crippen molar-refractivity contribution in [3.05, 3.63) is 46.2 Å². The first kappa shape index (κ1) is 15.5. The number of nitrogens with one attached hydrogen (secondary N) is 1. The molecule has 0 saturated heterocycles. The smallest absolute Gasteiger partial charge is 0.349 e. The van der Waals surface area contributed by atoms with E-state index in [-0.39, 0.29) is 16.3 Å². The Morgan fingerprint density at radius 3 is 2.71 bits per heavy atom. The van der Waals surface area contributed by atoms with E-state index in [2.05, 4.69) is 9.46 Å². The van der Waals surface area contributed by atoms with E-state index in [0.29, 0.717) is 11.3 Å². The van der Waals surface area contributed by atoms with E-state index in [1.165, 1.54) is 18.6 Å². The number of anilines is 1. The topological polar surface area (TPSA) is 98.5 Å². The van der Waals surface area contributed by atoms with Crippen LogP contribution in [0.4, 0.5) is 5.69 Å². The molecule has 0 aliphatic rings. The molecule has 0 amide bonds. The van der Waals surface area contributed by atoms with Gasteiger partial charge in [-0.3, -0.25) is 4.72 Å². The molecule has 0 fully saturated rings.